The number of amides is 1. The number of piperidine rings is 1. The number of fused-ring (bicyclic) bond motifs is 3. The lowest BCUT2D eigenvalue weighted by atomic mass is 10.1. The smallest absolute Gasteiger partial charge is 0.410 e. The van der Waals surface area contributed by atoms with Crippen LogP contribution in [0.4, 0.5) is 10.7 Å². The van der Waals surface area contributed by atoms with Gasteiger partial charge in [-0.1, -0.05) is 6.42 Å². The Kier molecular flexibility index (Phi) is 6.61. The van der Waals surface area contributed by atoms with Gasteiger partial charge in [-0.3, -0.25) is 4.68 Å². The molecule has 2 aliphatic heterocycles. The molecule has 9 heteroatoms. The number of hydrogen-bond acceptors (Lipinski definition) is 6. The Hall–Kier alpha value is -2.81. The topological polar surface area (TPSA) is 94.4 Å². The summed E-state index contributed by atoms with van der Waals surface area (Å²) in [4.78, 5) is 21.9. The fraction of sp³-hybridized carbons (Fsp3) is 0.654. The summed E-state index contributed by atoms with van der Waals surface area (Å²) in [6.45, 7) is 11.2. The largest absolute Gasteiger partial charge is 0.444 e. The zero-order valence-electron chi connectivity index (χ0n) is 21.4. The second-order valence-corrected chi connectivity index (χ2v) is 11.1. The minimum Gasteiger partial charge on any atom is -0.444 e. The molecule has 5 rings (SSSR count). The average Bonchev–Trinajstić information content (AvgIpc) is 3.27. The van der Waals surface area contributed by atoms with E-state index in [4.69, 9.17) is 15.6 Å². The summed E-state index contributed by atoms with van der Waals surface area (Å²) in [5.41, 5.74) is 8.97. The second-order valence-electron chi connectivity index (χ2n) is 11.1. The van der Waals surface area contributed by atoms with Gasteiger partial charge in [0, 0.05) is 25.0 Å². The van der Waals surface area contributed by atoms with Crippen molar-refractivity contribution in [3.05, 3.63) is 18.3 Å². The van der Waals surface area contributed by atoms with Crippen LogP contribution in [0.15, 0.2) is 18.3 Å². The van der Waals surface area contributed by atoms with Crippen LogP contribution in [0.25, 0.3) is 21.9 Å². The number of nitrogens with two attached hydrogens (primary N) is 1. The molecule has 2 fully saturated rings. The van der Waals surface area contributed by atoms with Crippen molar-refractivity contribution < 1.29 is 9.53 Å². The molecule has 0 spiro atoms. The number of likely N-dealkylation sites (tertiary alicyclic amines) is 2. The number of aromatic nitrogens is 4. The van der Waals surface area contributed by atoms with Gasteiger partial charge in [-0.05, 0) is 78.1 Å². The van der Waals surface area contributed by atoms with Crippen molar-refractivity contribution in [2.75, 3.05) is 38.5 Å². The van der Waals surface area contributed by atoms with Crippen LogP contribution in [0.2, 0.25) is 0 Å². The number of nitrogen functional groups attached to an aromatic ring is 1. The van der Waals surface area contributed by atoms with E-state index in [2.05, 4.69) is 25.2 Å². The van der Waals surface area contributed by atoms with E-state index in [1.807, 2.05) is 37.9 Å². The van der Waals surface area contributed by atoms with Gasteiger partial charge in [-0.25, -0.2) is 9.78 Å². The lowest BCUT2D eigenvalue weighted by Gasteiger charge is -2.29. The molecule has 1 aromatic carbocycles. The highest BCUT2D eigenvalue weighted by atomic mass is 16.6. The lowest BCUT2D eigenvalue weighted by Crippen LogP contribution is -2.39. The van der Waals surface area contributed by atoms with Gasteiger partial charge in [0.1, 0.15) is 5.60 Å². The normalized spacial score (nSPS) is 20.4. The Balaban J connectivity index is 1.44. The molecule has 2 aliphatic rings. The van der Waals surface area contributed by atoms with Crippen LogP contribution in [0.3, 0.4) is 0 Å². The quantitative estimate of drug-likeness (QED) is 0.593. The van der Waals surface area contributed by atoms with Crippen molar-refractivity contribution in [1.82, 2.24) is 29.1 Å². The zero-order valence-corrected chi connectivity index (χ0v) is 21.4. The molecule has 0 saturated carbocycles. The Bertz CT molecular complexity index is 1190. The highest BCUT2D eigenvalue weighted by Crippen LogP contribution is 2.33. The SMILES string of the molecule is CC(C)(C)OC(=O)N1CCCCC(n2c(N)nc3ccc4c(cnn4CCN4CCCCC4)c32)C1. The standard InChI is InChI=1S/C26H39N7O2/c1-26(2,3)35-25(34)31-14-8-5-9-19(18-31)33-23-20-17-28-32(16-15-30-12-6-4-7-13-30)22(20)11-10-21(23)29-24(33)27/h10-11,17,19H,4-9,12-16,18H2,1-3H3,(H2,27,29). The minimum atomic E-state index is -0.519. The molecule has 1 unspecified atom stereocenters. The van der Waals surface area contributed by atoms with E-state index in [1.165, 1.54) is 32.4 Å². The van der Waals surface area contributed by atoms with Crippen molar-refractivity contribution in [3.63, 3.8) is 0 Å². The third-order valence-electron chi connectivity index (χ3n) is 7.24. The number of benzene rings is 1. The molecule has 9 nitrogen and oxygen atoms in total. The van der Waals surface area contributed by atoms with Crippen molar-refractivity contribution >= 4 is 34.0 Å². The summed E-state index contributed by atoms with van der Waals surface area (Å²) in [7, 11) is 0. The molecule has 2 aromatic heterocycles. The maximum absolute atomic E-state index is 12.9. The van der Waals surface area contributed by atoms with Crippen molar-refractivity contribution in [3.8, 4) is 0 Å². The molecule has 35 heavy (non-hydrogen) atoms. The van der Waals surface area contributed by atoms with E-state index < -0.39 is 5.60 Å². The summed E-state index contributed by atoms with van der Waals surface area (Å²) in [6, 6.07) is 4.20. The molecule has 190 valence electrons. The lowest BCUT2D eigenvalue weighted by molar-refractivity contribution is 0.0238. The zero-order chi connectivity index (χ0) is 24.6. The number of carbonyl (C=O) groups is 1. The van der Waals surface area contributed by atoms with Gasteiger partial charge in [0.2, 0.25) is 5.95 Å². The van der Waals surface area contributed by atoms with Crippen molar-refractivity contribution in [1.29, 1.82) is 0 Å². The molecule has 2 saturated heterocycles. The first-order valence-corrected chi connectivity index (χ1v) is 13.1. The molecular formula is C26H39N7O2. The predicted molar refractivity (Wildman–Crippen MR) is 138 cm³/mol. The van der Waals surface area contributed by atoms with Crippen LogP contribution in [-0.4, -0.2) is 73.5 Å². The molecule has 4 heterocycles. The Morgan fingerprint density at radius 2 is 1.86 bits per heavy atom. The van der Waals surface area contributed by atoms with Gasteiger partial charge in [0.25, 0.3) is 0 Å². The number of anilines is 1. The summed E-state index contributed by atoms with van der Waals surface area (Å²) < 4.78 is 9.92. The van der Waals surface area contributed by atoms with Crippen molar-refractivity contribution in [2.24, 2.45) is 0 Å². The fourth-order valence-corrected chi connectivity index (χ4v) is 5.55. The van der Waals surface area contributed by atoms with E-state index in [-0.39, 0.29) is 12.1 Å². The Labute approximate surface area is 207 Å². The highest BCUT2D eigenvalue weighted by molar-refractivity contribution is 6.04. The monoisotopic (exact) mass is 481 g/mol. The first-order chi connectivity index (χ1) is 16.8. The van der Waals surface area contributed by atoms with E-state index in [1.54, 1.807) is 0 Å². The van der Waals surface area contributed by atoms with E-state index in [0.717, 1.165) is 54.3 Å². The summed E-state index contributed by atoms with van der Waals surface area (Å²) >= 11 is 0. The third-order valence-corrected chi connectivity index (χ3v) is 7.24. The maximum Gasteiger partial charge on any atom is 0.410 e. The van der Waals surface area contributed by atoms with E-state index >= 15 is 0 Å². The number of rotatable bonds is 4. The van der Waals surface area contributed by atoms with Gasteiger partial charge in [-0.2, -0.15) is 5.10 Å². The number of imidazole rings is 1. The van der Waals surface area contributed by atoms with Crippen LogP contribution in [0, 0.1) is 0 Å². The molecule has 2 N–H and O–H groups in total. The van der Waals surface area contributed by atoms with Crippen LogP contribution in [0.1, 0.15) is 65.3 Å². The van der Waals surface area contributed by atoms with Crippen LogP contribution < -0.4 is 5.73 Å². The first kappa shape index (κ1) is 23.9. The van der Waals surface area contributed by atoms with Crippen LogP contribution in [-0.2, 0) is 11.3 Å². The molecule has 0 radical (unpaired) electrons. The first-order valence-electron chi connectivity index (χ1n) is 13.1. The molecule has 0 aliphatic carbocycles. The van der Waals surface area contributed by atoms with E-state index in [0.29, 0.717) is 19.0 Å². The molecule has 3 aromatic rings. The number of ether oxygens (including phenoxy) is 1. The minimum absolute atomic E-state index is 0.0392. The highest BCUT2D eigenvalue weighted by Gasteiger charge is 2.29. The van der Waals surface area contributed by atoms with Crippen LogP contribution >= 0.6 is 0 Å². The third kappa shape index (κ3) is 5.10. The summed E-state index contributed by atoms with van der Waals surface area (Å²) in [5.74, 6) is 0.490. The average molecular weight is 482 g/mol. The van der Waals surface area contributed by atoms with Crippen molar-refractivity contribution in [2.45, 2.75) is 77.5 Å². The molecule has 1 atom stereocenters. The van der Waals surface area contributed by atoms with Gasteiger partial charge in [-0.15, -0.1) is 0 Å². The molecular weight excluding hydrogens is 442 g/mol. The van der Waals surface area contributed by atoms with Gasteiger partial charge in [0.05, 0.1) is 35.3 Å². The maximum atomic E-state index is 12.9. The Morgan fingerprint density at radius 1 is 1.09 bits per heavy atom. The van der Waals surface area contributed by atoms with E-state index in [9.17, 15) is 4.79 Å². The predicted octanol–water partition coefficient (Wildman–Crippen LogP) is 4.42. The molecule has 1 amide bonds. The fourth-order valence-electron chi connectivity index (χ4n) is 5.55. The van der Waals surface area contributed by atoms with Gasteiger partial charge < -0.3 is 24.8 Å². The Morgan fingerprint density at radius 3 is 2.63 bits per heavy atom. The molecule has 0 bridgehead atoms. The van der Waals surface area contributed by atoms with Crippen LogP contribution in [0.5, 0.6) is 0 Å². The second kappa shape index (κ2) is 9.68. The summed E-state index contributed by atoms with van der Waals surface area (Å²) in [6.07, 6.45) is 8.53. The number of hydrogen-bond donors (Lipinski definition) is 1. The van der Waals surface area contributed by atoms with Gasteiger partial charge >= 0.3 is 6.09 Å². The number of nitrogens with zero attached hydrogens (tertiary/aromatic N) is 6. The number of carbonyl (C=O) groups excluding carboxylic acids is 1. The summed E-state index contributed by atoms with van der Waals surface area (Å²) in [5, 5.41) is 5.82. The van der Waals surface area contributed by atoms with Gasteiger partial charge in [0.15, 0.2) is 0 Å².